The zero-order valence-electron chi connectivity index (χ0n) is 10.4. The third-order valence-corrected chi connectivity index (χ3v) is 1.67. The summed E-state index contributed by atoms with van der Waals surface area (Å²) in [6.45, 7) is 15.1. The van der Waals surface area contributed by atoms with Crippen LogP contribution in [0.1, 0.15) is 41.0 Å². The summed E-state index contributed by atoms with van der Waals surface area (Å²) < 4.78 is 0. The van der Waals surface area contributed by atoms with Crippen molar-refractivity contribution >= 4 is 6.21 Å². The van der Waals surface area contributed by atoms with Crippen molar-refractivity contribution in [3.63, 3.8) is 0 Å². The summed E-state index contributed by atoms with van der Waals surface area (Å²) in [7, 11) is 0. The molecular formula is C13H25N. The van der Waals surface area contributed by atoms with Crippen LogP contribution >= 0.6 is 0 Å². The van der Waals surface area contributed by atoms with E-state index >= 15 is 0 Å². The van der Waals surface area contributed by atoms with Gasteiger partial charge in [0.1, 0.15) is 0 Å². The maximum absolute atomic E-state index is 4.05. The first kappa shape index (κ1) is 15.6. The normalized spacial score (nSPS) is 11.4. The maximum atomic E-state index is 4.05. The highest BCUT2D eigenvalue weighted by atomic mass is 14.7. The molecule has 0 aliphatic carbocycles. The Morgan fingerprint density at radius 1 is 1.36 bits per heavy atom. The van der Waals surface area contributed by atoms with Crippen molar-refractivity contribution in [2.45, 2.75) is 41.0 Å². The molecule has 0 atom stereocenters. The summed E-state index contributed by atoms with van der Waals surface area (Å²) in [5, 5.41) is 0. The molecule has 0 amide bonds. The molecule has 1 nitrogen and oxygen atoms in total. The van der Waals surface area contributed by atoms with Crippen LogP contribution in [0.3, 0.4) is 0 Å². The molecule has 0 saturated carbocycles. The Kier molecular flexibility index (Phi) is 13.6. The summed E-state index contributed by atoms with van der Waals surface area (Å²) in [5.41, 5.74) is 1.15. The molecule has 1 heteroatoms. The van der Waals surface area contributed by atoms with Crippen molar-refractivity contribution in [1.82, 2.24) is 0 Å². The summed E-state index contributed by atoms with van der Waals surface area (Å²) in [4.78, 5) is 4.05. The van der Waals surface area contributed by atoms with Crippen molar-refractivity contribution < 1.29 is 0 Å². The monoisotopic (exact) mass is 195 g/mol. The quantitative estimate of drug-likeness (QED) is 0.469. The Morgan fingerprint density at radius 2 is 1.86 bits per heavy atom. The minimum absolute atomic E-state index is 0.850. The van der Waals surface area contributed by atoms with Crippen molar-refractivity contribution in [3.05, 3.63) is 24.3 Å². The van der Waals surface area contributed by atoms with E-state index < -0.39 is 0 Å². The molecule has 0 aliphatic heterocycles. The molecule has 0 saturated heterocycles. The molecule has 0 aliphatic rings. The minimum Gasteiger partial charge on any atom is -0.293 e. The van der Waals surface area contributed by atoms with Gasteiger partial charge in [-0.2, -0.15) is 0 Å². The van der Waals surface area contributed by atoms with Crippen LogP contribution in [0.2, 0.25) is 0 Å². The van der Waals surface area contributed by atoms with Crippen molar-refractivity contribution in [2.24, 2.45) is 10.9 Å². The van der Waals surface area contributed by atoms with Crippen LogP contribution in [0.25, 0.3) is 0 Å². The molecular weight excluding hydrogens is 170 g/mol. The highest BCUT2D eigenvalue weighted by molar-refractivity contribution is 5.77. The second kappa shape index (κ2) is 12.2. The Labute approximate surface area is 89.6 Å². The van der Waals surface area contributed by atoms with Crippen LogP contribution in [0, 0.1) is 5.92 Å². The van der Waals surface area contributed by atoms with Gasteiger partial charge in [-0.05, 0) is 25.3 Å². The lowest BCUT2D eigenvalue weighted by Crippen LogP contribution is -1.77. The third kappa shape index (κ3) is 17.3. The van der Waals surface area contributed by atoms with Gasteiger partial charge in [-0.25, -0.2) is 0 Å². The number of nitrogens with zero attached hydrogens (tertiary/aromatic N) is 1. The second-order valence-electron chi connectivity index (χ2n) is 3.58. The molecule has 0 fully saturated rings. The lowest BCUT2D eigenvalue weighted by atomic mass is 10.2. The van der Waals surface area contributed by atoms with Crippen LogP contribution < -0.4 is 0 Å². The van der Waals surface area contributed by atoms with Crippen LogP contribution in [0.4, 0.5) is 0 Å². The molecule has 0 N–H and O–H groups in total. The van der Waals surface area contributed by atoms with Gasteiger partial charge in [0.05, 0.1) is 0 Å². The number of rotatable bonds is 4. The minimum atomic E-state index is 0.850. The van der Waals surface area contributed by atoms with Crippen LogP contribution in [0.15, 0.2) is 29.3 Å². The lowest BCUT2D eigenvalue weighted by Gasteiger charge is -1.90. The Bertz CT molecular complexity index is 176. The molecule has 0 heterocycles. The number of aliphatic imine (C=N–C) groups is 1. The molecule has 0 spiro atoms. The number of hydrogen-bond acceptors (Lipinski definition) is 1. The Hall–Kier alpha value is -0.850. The fraction of sp³-hybridized carbons (Fsp3) is 0.615. The van der Waals surface area contributed by atoms with E-state index in [1.165, 1.54) is 6.42 Å². The zero-order valence-corrected chi connectivity index (χ0v) is 10.4. The summed E-state index contributed by atoms with van der Waals surface area (Å²) in [5.74, 6) is 0.884. The second-order valence-corrected chi connectivity index (χ2v) is 3.58. The lowest BCUT2D eigenvalue weighted by molar-refractivity contribution is 0.626. The summed E-state index contributed by atoms with van der Waals surface area (Å²) in [6, 6.07) is 0. The van der Waals surface area contributed by atoms with Gasteiger partial charge in [0, 0.05) is 12.8 Å². The molecule has 0 rings (SSSR count). The standard InChI is InChI=1S/C8H13N.C5H12/c1-4-6-8(3)7-9-5-2;1-4-5(2)3/h4,6-7H,1,5H2,2-3H3;5H,4H2,1-3H3/b8-6-,9-7?;. The summed E-state index contributed by atoms with van der Waals surface area (Å²) in [6.07, 6.45) is 6.85. The molecule has 0 unspecified atom stereocenters. The van der Waals surface area contributed by atoms with Gasteiger partial charge in [0.15, 0.2) is 0 Å². The smallest absolute Gasteiger partial charge is 0.0361 e. The fourth-order valence-electron chi connectivity index (χ4n) is 0.464. The van der Waals surface area contributed by atoms with Gasteiger partial charge in [0.2, 0.25) is 0 Å². The molecule has 0 bridgehead atoms. The average molecular weight is 195 g/mol. The fourth-order valence-corrected chi connectivity index (χ4v) is 0.464. The van der Waals surface area contributed by atoms with Gasteiger partial charge < -0.3 is 0 Å². The van der Waals surface area contributed by atoms with Gasteiger partial charge in [-0.1, -0.05) is 45.9 Å². The predicted octanol–water partition coefficient (Wildman–Crippen LogP) is 4.26. The number of hydrogen-bond donors (Lipinski definition) is 0. The molecule has 14 heavy (non-hydrogen) atoms. The van der Waals surface area contributed by atoms with Crippen LogP contribution in [-0.2, 0) is 0 Å². The molecule has 0 aromatic rings. The van der Waals surface area contributed by atoms with E-state index in [-0.39, 0.29) is 0 Å². The predicted molar refractivity (Wildman–Crippen MR) is 68.1 cm³/mol. The van der Waals surface area contributed by atoms with Crippen molar-refractivity contribution in [1.29, 1.82) is 0 Å². The average Bonchev–Trinajstić information content (AvgIpc) is 2.16. The van der Waals surface area contributed by atoms with Gasteiger partial charge in [-0.3, -0.25) is 4.99 Å². The highest BCUT2D eigenvalue weighted by Gasteiger charge is 1.80. The van der Waals surface area contributed by atoms with E-state index in [2.05, 4.69) is 32.3 Å². The topological polar surface area (TPSA) is 12.4 Å². The first-order chi connectivity index (χ1) is 6.58. The van der Waals surface area contributed by atoms with E-state index in [0.29, 0.717) is 0 Å². The largest absolute Gasteiger partial charge is 0.293 e. The van der Waals surface area contributed by atoms with Crippen LogP contribution in [0.5, 0.6) is 0 Å². The first-order valence-corrected chi connectivity index (χ1v) is 5.37. The molecule has 0 aromatic heterocycles. The van der Waals surface area contributed by atoms with Crippen molar-refractivity contribution in [2.75, 3.05) is 6.54 Å². The van der Waals surface area contributed by atoms with Crippen molar-refractivity contribution in [3.8, 4) is 0 Å². The van der Waals surface area contributed by atoms with E-state index in [1.54, 1.807) is 6.08 Å². The number of allylic oxidation sites excluding steroid dienone is 3. The Morgan fingerprint density at radius 3 is 2.14 bits per heavy atom. The zero-order chi connectivity index (χ0) is 11.4. The van der Waals surface area contributed by atoms with Crippen LogP contribution in [-0.4, -0.2) is 12.8 Å². The first-order valence-electron chi connectivity index (χ1n) is 5.37. The Balaban J connectivity index is 0. The van der Waals surface area contributed by atoms with Gasteiger partial charge in [-0.15, -0.1) is 0 Å². The van der Waals surface area contributed by atoms with E-state index in [1.807, 2.05) is 26.1 Å². The third-order valence-electron chi connectivity index (χ3n) is 1.67. The highest BCUT2D eigenvalue weighted by Crippen LogP contribution is 1.93. The SMILES string of the molecule is C=C/C=C(/C)C=NCC.CCC(C)C. The maximum Gasteiger partial charge on any atom is 0.0361 e. The summed E-state index contributed by atoms with van der Waals surface area (Å²) >= 11 is 0. The van der Waals surface area contributed by atoms with Gasteiger partial charge >= 0.3 is 0 Å². The van der Waals surface area contributed by atoms with E-state index in [9.17, 15) is 0 Å². The van der Waals surface area contributed by atoms with E-state index in [0.717, 1.165) is 18.0 Å². The molecule has 0 aromatic carbocycles. The van der Waals surface area contributed by atoms with Gasteiger partial charge in [0.25, 0.3) is 0 Å². The molecule has 0 radical (unpaired) electrons. The van der Waals surface area contributed by atoms with E-state index in [4.69, 9.17) is 0 Å². The molecule has 82 valence electrons.